The van der Waals surface area contributed by atoms with Crippen LogP contribution in [-0.2, 0) is 31.0 Å². The summed E-state index contributed by atoms with van der Waals surface area (Å²) in [5.74, 6) is -0.833. The van der Waals surface area contributed by atoms with Crippen LogP contribution < -0.4 is 0 Å². The number of aliphatic hydroxyl groups excluding tert-OH is 3. The molecule has 0 aromatic carbocycles. The molecular weight excluding hydrogens is 291 g/mol. The number of halogens is 1. The van der Waals surface area contributed by atoms with Crippen LogP contribution in [0.25, 0.3) is 0 Å². The molecule has 0 heterocycles. The summed E-state index contributed by atoms with van der Waals surface area (Å²) in [6.45, 7) is 0.354. The van der Waals surface area contributed by atoms with Crippen LogP contribution >= 0.6 is 12.4 Å². The van der Waals surface area contributed by atoms with Crippen LogP contribution in [0.1, 0.15) is 9.78 Å². The quantitative estimate of drug-likeness (QED) is 0.475. The van der Waals surface area contributed by atoms with E-state index in [1.165, 1.54) is 0 Å². The fourth-order valence-electron chi connectivity index (χ4n) is 0.0577. The molecule has 0 atom stereocenters. The number of aliphatic carboxylic acids is 1. The van der Waals surface area contributed by atoms with Gasteiger partial charge in [-0.1, -0.05) is 0 Å². The minimum absolute atomic E-state index is 0. The van der Waals surface area contributed by atoms with Gasteiger partial charge in [0.15, 0.2) is 0 Å². The van der Waals surface area contributed by atoms with Crippen LogP contribution in [0.4, 0.5) is 0 Å². The molecule has 0 saturated heterocycles. The Balaban J connectivity index is -0.0000000133. The van der Waals surface area contributed by atoms with Gasteiger partial charge in [0.25, 0.3) is 5.97 Å². The number of hydrogen-bond acceptors (Lipinski definition) is 4. The predicted molar refractivity (Wildman–Crippen MR) is 48.7 cm³/mol. The van der Waals surface area contributed by atoms with Crippen LogP contribution in [0, 0.1) is 0 Å². The summed E-state index contributed by atoms with van der Waals surface area (Å²) < 4.78 is 0. The normalized spacial score (nSPS) is 6.54. The van der Waals surface area contributed by atoms with Gasteiger partial charge in [0.1, 0.15) is 6.10 Å². The summed E-state index contributed by atoms with van der Waals surface area (Å²) in [4.78, 5) is 9.00. The summed E-state index contributed by atoms with van der Waals surface area (Å²) in [7, 11) is 0. The van der Waals surface area contributed by atoms with E-state index in [9.17, 15) is 0 Å². The summed E-state index contributed by atoms with van der Waals surface area (Å²) in [6.07, 6.45) is -0.954. The molecule has 0 aliphatic carbocycles. The first-order chi connectivity index (χ1) is 4.54. The smallest absolute Gasteiger partial charge is 1.00 e. The molecule has 78 valence electrons. The van der Waals surface area contributed by atoms with Gasteiger partial charge < -0.3 is 23.3 Å². The molecule has 0 saturated carbocycles. The fraction of sp³-hybridized carbons (Fsp3) is 0.800. The molecule has 0 spiro atoms. The van der Waals surface area contributed by atoms with Crippen LogP contribution in [0.5, 0.6) is 0 Å². The standard InChI is InChI=1S/C3H8O3.C2H4O2.ClH.Mg.Zr.2H/c4-1-3(6)2-5;1-2(3)4;;;;;/h3-6H,1-2H2;1H3,(H,3,4);1H;;;;/q;;;+2;;2*-1. The Morgan fingerprint density at radius 1 is 1.38 bits per heavy atom. The van der Waals surface area contributed by atoms with Crippen molar-refractivity contribution in [2.45, 2.75) is 13.0 Å². The summed E-state index contributed by atoms with van der Waals surface area (Å²) >= 11 is 0. The van der Waals surface area contributed by atoms with Crippen LogP contribution in [0.2, 0.25) is 0 Å². The largest absolute Gasteiger partial charge is 2.00 e. The Kier molecular flexibility index (Phi) is 52.3. The first-order valence-electron chi connectivity index (χ1n) is 2.63. The average Bonchev–Trinajstić information content (AvgIpc) is 1.85. The van der Waals surface area contributed by atoms with E-state index in [-0.39, 0.29) is 77.7 Å². The van der Waals surface area contributed by atoms with E-state index in [0.717, 1.165) is 6.92 Å². The summed E-state index contributed by atoms with van der Waals surface area (Å²) in [6, 6.07) is 0. The third-order valence-electron chi connectivity index (χ3n) is 0.421. The molecule has 5 nitrogen and oxygen atoms in total. The molecule has 4 N–H and O–H groups in total. The van der Waals surface area contributed by atoms with Crippen LogP contribution in [0.15, 0.2) is 0 Å². The minimum atomic E-state index is -0.954. The Labute approximate surface area is 121 Å². The SMILES string of the molecule is CC(=O)O.Cl.OCC(O)CO.[H-].[H-].[Mg+2].[Zr]. The number of carbonyl (C=O) groups is 1. The van der Waals surface area contributed by atoms with Crippen molar-refractivity contribution >= 4 is 41.4 Å². The van der Waals surface area contributed by atoms with Crippen molar-refractivity contribution in [3.63, 3.8) is 0 Å². The Hall–Kier alpha value is 1.29. The molecule has 0 rings (SSSR count). The number of hydrogen-bond donors (Lipinski definition) is 4. The van der Waals surface area contributed by atoms with E-state index in [1.54, 1.807) is 0 Å². The van der Waals surface area contributed by atoms with E-state index >= 15 is 0 Å². The first-order valence-corrected chi connectivity index (χ1v) is 2.63. The maximum Gasteiger partial charge on any atom is 2.00 e. The van der Waals surface area contributed by atoms with Gasteiger partial charge in [-0.25, -0.2) is 0 Å². The van der Waals surface area contributed by atoms with Gasteiger partial charge in [-0.15, -0.1) is 12.4 Å². The average molecular weight is 306 g/mol. The van der Waals surface area contributed by atoms with E-state index in [4.69, 9.17) is 25.2 Å². The van der Waals surface area contributed by atoms with E-state index in [0.29, 0.717) is 0 Å². The van der Waals surface area contributed by atoms with Gasteiger partial charge in [0, 0.05) is 33.1 Å². The van der Waals surface area contributed by atoms with Crippen molar-refractivity contribution in [1.29, 1.82) is 0 Å². The van der Waals surface area contributed by atoms with Gasteiger partial charge in [-0.3, -0.25) is 4.79 Å². The molecule has 0 bridgehead atoms. The second-order valence-corrected chi connectivity index (χ2v) is 1.54. The van der Waals surface area contributed by atoms with E-state index in [1.807, 2.05) is 0 Å². The molecule has 0 fully saturated rings. The molecule has 0 unspecified atom stereocenters. The Bertz CT molecular complexity index is 97.5. The van der Waals surface area contributed by atoms with E-state index in [2.05, 4.69) is 0 Å². The minimum Gasteiger partial charge on any atom is -1.00 e. The number of rotatable bonds is 2. The van der Waals surface area contributed by atoms with Crippen molar-refractivity contribution in [2.24, 2.45) is 0 Å². The Morgan fingerprint density at radius 3 is 1.54 bits per heavy atom. The predicted octanol–water partition coefficient (Wildman–Crippen LogP) is -1.31. The van der Waals surface area contributed by atoms with Crippen LogP contribution in [0.3, 0.4) is 0 Å². The maximum absolute atomic E-state index is 9.00. The van der Waals surface area contributed by atoms with Crippen molar-refractivity contribution in [1.82, 2.24) is 0 Å². The van der Waals surface area contributed by atoms with Crippen LogP contribution in [-0.4, -0.2) is 68.8 Å². The van der Waals surface area contributed by atoms with Gasteiger partial charge in [0.2, 0.25) is 0 Å². The number of carboxylic acid groups (broad SMARTS) is 1. The molecule has 0 aromatic rings. The Morgan fingerprint density at radius 2 is 1.54 bits per heavy atom. The molecular formula is C5H15ClMgO5Zr. The van der Waals surface area contributed by atoms with E-state index < -0.39 is 12.1 Å². The second-order valence-electron chi connectivity index (χ2n) is 1.54. The zero-order valence-corrected chi connectivity index (χ0v) is 12.0. The fourth-order valence-corrected chi connectivity index (χ4v) is 0.0577. The summed E-state index contributed by atoms with van der Waals surface area (Å²) in [5.41, 5.74) is 0. The molecule has 13 heavy (non-hydrogen) atoms. The van der Waals surface area contributed by atoms with Gasteiger partial charge in [-0.05, 0) is 0 Å². The molecule has 0 aliphatic heterocycles. The molecule has 0 amide bonds. The van der Waals surface area contributed by atoms with Gasteiger partial charge >= 0.3 is 23.1 Å². The topological polar surface area (TPSA) is 98.0 Å². The second kappa shape index (κ2) is 23.3. The number of aliphatic hydroxyl groups is 3. The van der Waals surface area contributed by atoms with Gasteiger partial charge in [0.05, 0.1) is 13.2 Å². The molecule has 0 aliphatic rings. The molecule has 0 radical (unpaired) electrons. The van der Waals surface area contributed by atoms with Crippen molar-refractivity contribution in [3.8, 4) is 0 Å². The summed E-state index contributed by atoms with van der Waals surface area (Å²) in [5, 5.41) is 31.4. The van der Waals surface area contributed by atoms with Gasteiger partial charge in [-0.2, -0.15) is 0 Å². The third kappa shape index (κ3) is 60.5. The monoisotopic (exact) mass is 304 g/mol. The van der Waals surface area contributed by atoms with Crippen molar-refractivity contribution in [2.75, 3.05) is 13.2 Å². The third-order valence-corrected chi connectivity index (χ3v) is 0.421. The maximum atomic E-state index is 9.00. The zero-order chi connectivity index (χ0) is 8.57. The molecule has 0 aromatic heterocycles. The van der Waals surface area contributed by atoms with Crippen molar-refractivity contribution < 1.29 is 54.3 Å². The zero-order valence-electron chi connectivity index (χ0n) is 9.30. The van der Waals surface area contributed by atoms with Crippen molar-refractivity contribution in [3.05, 3.63) is 0 Å². The number of carboxylic acids is 1. The molecule has 8 heteroatoms. The first kappa shape index (κ1) is 29.2.